The van der Waals surface area contributed by atoms with Crippen LogP contribution in [0.5, 0.6) is 0 Å². The number of fused-ring (bicyclic) bond motifs is 2. The summed E-state index contributed by atoms with van der Waals surface area (Å²) in [6, 6.07) is 0.391. The van der Waals surface area contributed by atoms with Gasteiger partial charge < -0.3 is 42.0 Å². The monoisotopic (exact) mass is 675 g/mol. The minimum absolute atomic E-state index is 0.0447. The third-order valence-electron chi connectivity index (χ3n) is 9.14. The lowest BCUT2D eigenvalue weighted by Gasteiger charge is -2.16. The van der Waals surface area contributed by atoms with E-state index in [1.165, 1.54) is 6.33 Å². The van der Waals surface area contributed by atoms with Crippen LogP contribution in [0.4, 0.5) is 10.6 Å². The summed E-state index contributed by atoms with van der Waals surface area (Å²) in [6.07, 6.45) is 9.26. The van der Waals surface area contributed by atoms with Crippen molar-refractivity contribution in [1.82, 2.24) is 41.0 Å². The fourth-order valence-electron chi connectivity index (χ4n) is 6.56. The zero-order valence-corrected chi connectivity index (χ0v) is 27.7. The maximum absolute atomic E-state index is 12.2. The first-order valence-corrected chi connectivity index (χ1v) is 18.0. The molecule has 3 aliphatic heterocycles. The van der Waals surface area contributed by atoms with Crippen LogP contribution in [0.1, 0.15) is 89.0 Å². The highest BCUT2D eigenvalue weighted by Gasteiger charge is 2.42. The molecule has 0 saturated carbocycles. The number of nitrogen functional groups attached to an aromatic ring is 1. The zero-order valence-electron chi connectivity index (χ0n) is 26.9. The third-order valence-corrected chi connectivity index (χ3v) is 10.7. The van der Waals surface area contributed by atoms with Gasteiger partial charge >= 0.3 is 6.03 Å². The molecule has 260 valence electrons. The number of rotatable bonds is 19. The van der Waals surface area contributed by atoms with Crippen LogP contribution in [0.3, 0.4) is 0 Å². The SMILES string of the molecule is Nc1ncnc2c1c(CCCCCNC(=O)CCCCCNC(=O)CCCC[C@@H]1SC[C@@H]3NC(=O)N[C@@H]31)nn2[C@H]1C[C@H](O)[C@@H](CO)O1. The zero-order chi connectivity index (χ0) is 33.2. The number of hydrogen-bond acceptors (Lipinski definition) is 11. The van der Waals surface area contributed by atoms with E-state index in [0.29, 0.717) is 60.9 Å². The molecule has 4 amide bonds. The number of amides is 4. The predicted molar refractivity (Wildman–Crippen MR) is 177 cm³/mol. The lowest BCUT2D eigenvalue weighted by atomic mass is 10.0. The van der Waals surface area contributed by atoms with E-state index in [2.05, 4.69) is 31.2 Å². The van der Waals surface area contributed by atoms with Crippen LogP contribution in [0.25, 0.3) is 11.0 Å². The molecular formula is C31H49N9O6S. The molecule has 6 atom stereocenters. The summed E-state index contributed by atoms with van der Waals surface area (Å²) in [7, 11) is 0. The van der Waals surface area contributed by atoms with Crippen LogP contribution in [0.2, 0.25) is 0 Å². The molecule has 0 radical (unpaired) electrons. The van der Waals surface area contributed by atoms with E-state index in [0.717, 1.165) is 69.2 Å². The summed E-state index contributed by atoms with van der Waals surface area (Å²) in [6.45, 7) is 0.963. The Morgan fingerprint density at radius 2 is 1.74 bits per heavy atom. The quantitative estimate of drug-likeness (QED) is 0.0831. The number of hydrogen-bond donors (Lipinski definition) is 7. The van der Waals surface area contributed by atoms with E-state index in [4.69, 9.17) is 15.6 Å². The summed E-state index contributed by atoms with van der Waals surface area (Å²) in [5.74, 6) is 1.42. The van der Waals surface area contributed by atoms with Crippen molar-refractivity contribution in [2.45, 2.75) is 119 Å². The van der Waals surface area contributed by atoms with E-state index in [1.807, 2.05) is 11.8 Å². The van der Waals surface area contributed by atoms with Gasteiger partial charge in [0.05, 0.1) is 35.9 Å². The van der Waals surface area contributed by atoms with Gasteiger partial charge in [0.15, 0.2) is 11.9 Å². The highest BCUT2D eigenvalue weighted by molar-refractivity contribution is 8.00. The van der Waals surface area contributed by atoms with Crippen LogP contribution >= 0.6 is 11.8 Å². The number of unbranched alkanes of at least 4 members (excludes halogenated alkanes) is 5. The van der Waals surface area contributed by atoms with Gasteiger partial charge in [0.1, 0.15) is 18.2 Å². The lowest BCUT2D eigenvalue weighted by molar-refractivity contribution is -0.122. The van der Waals surface area contributed by atoms with Gasteiger partial charge in [0, 0.05) is 43.4 Å². The topological polar surface area (TPSA) is 219 Å². The van der Waals surface area contributed by atoms with E-state index < -0.39 is 18.4 Å². The van der Waals surface area contributed by atoms with Gasteiger partial charge in [-0.1, -0.05) is 19.3 Å². The number of nitrogens with two attached hydrogens (primary N) is 1. The first-order valence-electron chi connectivity index (χ1n) is 17.0. The second-order valence-electron chi connectivity index (χ2n) is 12.7. The van der Waals surface area contributed by atoms with Crippen LogP contribution < -0.4 is 27.0 Å². The van der Waals surface area contributed by atoms with Crippen LogP contribution in [-0.2, 0) is 20.7 Å². The second kappa shape index (κ2) is 17.3. The Kier molecular flexibility index (Phi) is 12.9. The Balaban J connectivity index is 0.873. The summed E-state index contributed by atoms with van der Waals surface area (Å²) in [5.41, 5.74) is 7.46. The molecule has 0 aromatic carbocycles. The molecule has 5 rings (SSSR count). The Morgan fingerprint density at radius 1 is 1.02 bits per heavy atom. The van der Waals surface area contributed by atoms with Crippen molar-refractivity contribution in [1.29, 1.82) is 0 Å². The fourth-order valence-corrected chi connectivity index (χ4v) is 8.10. The molecule has 0 unspecified atom stereocenters. The van der Waals surface area contributed by atoms with Gasteiger partial charge in [-0.3, -0.25) is 9.59 Å². The maximum Gasteiger partial charge on any atom is 0.315 e. The molecule has 47 heavy (non-hydrogen) atoms. The number of ether oxygens (including phenoxy) is 1. The fraction of sp³-hybridized carbons (Fsp3) is 0.742. The van der Waals surface area contributed by atoms with E-state index in [1.54, 1.807) is 4.68 Å². The highest BCUT2D eigenvalue weighted by Crippen LogP contribution is 2.34. The molecule has 0 aliphatic carbocycles. The molecular weight excluding hydrogens is 626 g/mol. The second-order valence-corrected chi connectivity index (χ2v) is 13.9. The number of thioether (sulfide) groups is 1. The number of aliphatic hydroxyl groups excluding tert-OH is 2. The van der Waals surface area contributed by atoms with Crippen molar-refractivity contribution in [3.05, 3.63) is 12.0 Å². The summed E-state index contributed by atoms with van der Waals surface area (Å²) >= 11 is 1.90. The van der Waals surface area contributed by atoms with Crippen molar-refractivity contribution < 1.29 is 29.3 Å². The summed E-state index contributed by atoms with van der Waals surface area (Å²) in [4.78, 5) is 44.4. The maximum atomic E-state index is 12.2. The molecule has 0 bridgehead atoms. The average molecular weight is 676 g/mol. The predicted octanol–water partition coefficient (Wildman–Crippen LogP) is 1.28. The number of aromatic nitrogens is 4. The van der Waals surface area contributed by atoms with E-state index in [-0.39, 0.29) is 36.5 Å². The van der Waals surface area contributed by atoms with Crippen molar-refractivity contribution >= 4 is 46.5 Å². The number of nitrogens with one attached hydrogen (secondary N) is 4. The number of anilines is 1. The van der Waals surface area contributed by atoms with Crippen LogP contribution in [-0.4, -0.2) is 103 Å². The molecule has 2 aromatic rings. The van der Waals surface area contributed by atoms with Crippen molar-refractivity contribution in [3.63, 3.8) is 0 Å². The molecule has 5 heterocycles. The molecule has 2 aromatic heterocycles. The van der Waals surface area contributed by atoms with Crippen LogP contribution in [0.15, 0.2) is 6.33 Å². The number of aliphatic hydroxyl groups is 2. The Bertz CT molecular complexity index is 1360. The van der Waals surface area contributed by atoms with E-state index >= 15 is 0 Å². The molecule has 16 heteroatoms. The molecule has 15 nitrogen and oxygen atoms in total. The number of urea groups is 1. The smallest absolute Gasteiger partial charge is 0.315 e. The van der Waals surface area contributed by atoms with Gasteiger partial charge in [-0.2, -0.15) is 16.9 Å². The number of carbonyl (C=O) groups excluding carboxylic acids is 3. The minimum atomic E-state index is -0.783. The van der Waals surface area contributed by atoms with Gasteiger partial charge in [-0.05, 0) is 44.9 Å². The molecule has 3 fully saturated rings. The van der Waals surface area contributed by atoms with Crippen molar-refractivity contribution in [2.75, 3.05) is 31.2 Å². The minimum Gasteiger partial charge on any atom is -0.394 e. The standard InChI is InChI=1S/C31H49N9O6S/c32-29-27-19(39-40(30(27)36-18-35-29)26-15-21(42)22(16-41)46-26)9-3-1-7-13-33-24(43)11-4-2-8-14-34-25(44)12-6-5-10-23-28-20(17-47-23)37-31(45)38-28/h18,20-23,26,28,41-42H,1-17H2,(H,33,43)(H,34,44)(H2,32,35,36)(H2,37,38,45)/t20-,21-,22+,23-,26+,28-/m0/s1. The Hall–Kier alpha value is -3.21. The summed E-state index contributed by atoms with van der Waals surface area (Å²) in [5, 5.41) is 37.3. The molecule has 0 spiro atoms. The molecule has 3 saturated heterocycles. The summed E-state index contributed by atoms with van der Waals surface area (Å²) < 4.78 is 7.40. The number of nitrogens with zero attached hydrogens (tertiary/aromatic N) is 4. The third kappa shape index (κ3) is 9.45. The Morgan fingerprint density at radius 3 is 2.47 bits per heavy atom. The lowest BCUT2D eigenvalue weighted by Crippen LogP contribution is -2.36. The van der Waals surface area contributed by atoms with Crippen LogP contribution in [0, 0.1) is 0 Å². The first kappa shape index (κ1) is 35.1. The first-order chi connectivity index (χ1) is 22.8. The number of aryl methyl sites for hydroxylation is 1. The van der Waals surface area contributed by atoms with Gasteiger partial charge in [-0.15, -0.1) is 0 Å². The van der Waals surface area contributed by atoms with Crippen molar-refractivity contribution in [3.8, 4) is 0 Å². The van der Waals surface area contributed by atoms with E-state index in [9.17, 15) is 24.6 Å². The molecule has 8 N–H and O–H groups in total. The largest absolute Gasteiger partial charge is 0.394 e. The van der Waals surface area contributed by atoms with Gasteiger partial charge in [0.25, 0.3) is 0 Å². The van der Waals surface area contributed by atoms with Gasteiger partial charge in [-0.25, -0.2) is 19.4 Å². The molecule has 3 aliphatic rings. The normalized spacial score (nSPS) is 25.1. The van der Waals surface area contributed by atoms with Gasteiger partial charge in [0.2, 0.25) is 11.8 Å². The Labute approximate surface area is 278 Å². The highest BCUT2D eigenvalue weighted by atomic mass is 32.2. The average Bonchev–Trinajstić information content (AvgIpc) is 3.81. The van der Waals surface area contributed by atoms with Crippen molar-refractivity contribution in [2.24, 2.45) is 0 Å². The number of carbonyl (C=O) groups is 3.